The number of carbonyl (C=O) groups is 2. The third kappa shape index (κ3) is 7.14. The summed E-state index contributed by atoms with van der Waals surface area (Å²) in [7, 11) is 0. The molecule has 1 aliphatic carbocycles. The van der Waals surface area contributed by atoms with Gasteiger partial charge in [0.15, 0.2) is 0 Å². The fourth-order valence-electron chi connectivity index (χ4n) is 5.45. The van der Waals surface area contributed by atoms with Crippen LogP contribution in [-0.2, 0) is 14.3 Å². The Labute approximate surface area is 204 Å². The molecule has 1 aromatic rings. The lowest BCUT2D eigenvalue weighted by Crippen LogP contribution is -2.58. The summed E-state index contributed by atoms with van der Waals surface area (Å²) in [5.41, 5.74) is 1.03. The molecule has 3 aliphatic rings. The zero-order valence-corrected chi connectivity index (χ0v) is 20.4. The molecule has 1 saturated carbocycles. The van der Waals surface area contributed by atoms with Gasteiger partial charge in [0, 0.05) is 51.9 Å². The molecule has 0 aromatic heterocycles. The van der Waals surface area contributed by atoms with Crippen LogP contribution in [0.1, 0.15) is 37.7 Å². The monoisotopic (exact) mass is 468 g/mol. The van der Waals surface area contributed by atoms with Gasteiger partial charge in [0.25, 0.3) is 0 Å². The second-order valence-corrected chi connectivity index (χ2v) is 9.69. The SMILES string of the molecule is O=C(NCCCN1CCOCC1)C(C1CCCC1)N1CCN(C(=O)C=Cc2ccccc2)CC1. The van der Waals surface area contributed by atoms with E-state index >= 15 is 0 Å². The van der Waals surface area contributed by atoms with Gasteiger partial charge in [-0.3, -0.25) is 19.4 Å². The summed E-state index contributed by atoms with van der Waals surface area (Å²) in [6, 6.07) is 9.84. The quantitative estimate of drug-likeness (QED) is 0.445. The van der Waals surface area contributed by atoms with Crippen molar-refractivity contribution in [2.75, 3.05) is 65.6 Å². The molecule has 0 spiro atoms. The number of carbonyl (C=O) groups excluding carboxylic acids is 2. The van der Waals surface area contributed by atoms with Crippen LogP contribution in [0.5, 0.6) is 0 Å². The van der Waals surface area contributed by atoms with Gasteiger partial charge in [0.1, 0.15) is 0 Å². The fourth-order valence-corrected chi connectivity index (χ4v) is 5.45. The maximum Gasteiger partial charge on any atom is 0.246 e. The zero-order chi connectivity index (χ0) is 23.6. The molecule has 186 valence electrons. The predicted molar refractivity (Wildman–Crippen MR) is 134 cm³/mol. The molecular formula is C27H40N4O3. The third-order valence-corrected chi connectivity index (χ3v) is 7.41. The lowest BCUT2D eigenvalue weighted by atomic mass is 9.95. The summed E-state index contributed by atoms with van der Waals surface area (Å²) >= 11 is 0. The Bertz CT molecular complexity index is 795. The van der Waals surface area contributed by atoms with Gasteiger partial charge in [0.05, 0.1) is 19.3 Å². The van der Waals surface area contributed by atoms with Crippen molar-refractivity contribution in [3.8, 4) is 0 Å². The minimum atomic E-state index is -0.0667. The molecule has 2 heterocycles. The number of ether oxygens (including phenoxy) is 1. The molecule has 34 heavy (non-hydrogen) atoms. The molecule has 1 N–H and O–H groups in total. The molecule has 2 amide bonds. The lowest BCUT2D eigenvalue weighted by Gasteiger charge is -2.40. The number of hydrogen-bond donors (Lipinski definition) is 1. The van der Waals surface area contributed by atoms with Crippen LogP contribution in [0, 0.1) is 5.92 Å². The van der Waals surface area contributed by atoms with Gasteiger partial charge in [-0.25, -0.2) is 0 Å². The Morgan fingerprint density at radius 2 is 1.71 bits per heavy atom. The van der Waals surface area contributed by atoms with Crippen LogP contribution in [0.15, 0.2) is 36.4 Å². The summed E-state index contributed by atoms with van der Waals surface area (Å²) in [4.78, 5) is 32.6. The third-order valence-electron chi connectivity index (χ3n) is 7.41. The molecular weight excluding hydrogens is 428 g/mol. The molecule has 0 bridgehead atoms. The second kappa shape index (κ2) is 13.0. The molecule has 4 rings (SSSR count). The largest absolute Gasteiger partial charge is 0.379 e. The standard InChI is InChI=1S/C27H40N4O3/c32-25(12-11-23-7-2-1-3-8-23)30-15-17-31(18-16-30)26(24-9-4-5-10-24)27(33)28-13-6-14-29-19-21-34-22-20-29/h1-3,7-8,11-12,24,26H,4-6,9-10,13-22H2,(H,28,33). The number of amides is 2. The highest BCUT2D eigenvalue weighted by molar-refractivity contribution is 5.91. The van der Waals surface area contributed by atoms with Crippen LogP contribution >= 0.6 is 0 Å². The van der Waals surface area contributed by atoms with E-state index in [0.29, 0.717) is 19.0 Å². The maximum atomic E-state index is 13.3. The first-order valence-electron chi connectivity index (χ1n) is 13.0. The molecule has 1 aromatic carbocycles. The van der Waals surface area contributed by atoms with Gasteiger partial charge >= 0.3 is 0 Å². The molecule has 1 unspecified atom stereocenters. The molecule has 2 aliphatic heterocycles. The van der Waals surface area contributed by atoms with E-state index in [1.54, 1.807) is 6.08 Å². The van der Waals surface area contributed by atoms with E-state index in [1.807, 2.05) is 41.3 Å². The van der Waals surface area contributed by atoms with Gasteiger partial charge < -0.3 is 15.0 Å². The van der Waals surface area contributed by atoms with Crippen molar-refractivity contribution in [3.63, 3.8) is 0 Å². The Hall–Kier alpha value is -2.22. The van der Waals surface area contributed by atoms with Crippen molar-refractivity contribution in [3.05, 3.63) is 42.0 Å². The molecule has 0 radical (unpaired) electrons. The lowest BCUT2D eigenvalue weighted by molar-refractivity contribution is -0.132. The van der Waals surface area contributed by atoms with Crippen molar-refractivity contribution in [1.29, 1.82) is 0 Å². The summed E-state index contributed by atoms with van der Waals surface area (Å²) in [6.07, 6.45) is 9.21. The number of piperazine rings is 1. The van der Waals surface area contributed by atoms with E-state index in [1.165, 1.54) is 12.8 Å². The smallest absolute Gasteiger partial charge is 0.246 e. The minimum Gasteiger partial charge on any atom is -0.379 e. The highest BCUT2D eigenvalue weighted by Gasteiger charge is 2.37. The van der Waals surface area contributed by atoms with Crippen LogP contribution < -0.4 is 5.32 Å². The van der Waals surface area contributed by atoms with Gasteiger partial charge in [0.2, 0.25) is 11.8 Å². The predicted octanol–water partition coefficient (Wildman–Crippen LogP) is 2.24. The second-order valence-electron chi connectivity index (χ2n) is 9.69. The first-order chi connectivity index (χ1) is 16.7. The van der Waals surface area contributed by atoms with Crippen molar-refractivity contribution >= 4 is 17.9 Å². The Morgan fingerprint density at radius 1 is 1.00 bits per heavy atom. The van der Waals surface area contributed by atoms with Crippen molar-refractivity contribution in [2.24, 2.45) is 5.92 Å². The highest BCUT2D eigenvalue weighted by atomic mass is 16.5. The van der Waals surface area contributed by atoms with Crippen LogP contribution in [0.25, 0.3) is 6.08 Å². The van der Waals surface area contributed by atoms with E-state index in [4.69, 9.17) is 4.74 Å². The number of benzene rings is 1. The minimum absolute atomic E-state index is 0.0495. The summed E-state index contributed by atoms with van der Waals surface area (Å²) in [5.74, 6) is 0.658. The van der Waals surface area contributed by atoms with Crippen LogP contribution in [0.3, 0.4) is 0 Å². The maximum absolute atomic E-state index is 13.3. The van der Waals surface area contributed by atoms with Gasteiger partial charge in [-0.05, 0) is 43.4 Å². The Morgan fingerprint density at radius 3 is 2.41 bits per heavy atom. The first-order valence-corrected chi connectivity index (χ1v) is 13.0. The molecule has 3 fully saturated rings. The number of rotatable bonds is 9. The molecule has 7 nitrogen and oxygen atoms in total. The number of nitrogens with one attached hydrogen (secondary N) is 1. The Balaban J connectivity index is 1.25. The topological polar surface area (TPSA) is 65.1 Å². The molecule has 2 saturated heterocycles. The van der Waals surface area contributed by atoms with Crippen molar-refractivity contribution in [2.45, 2.75) is 38.1 Å². The van der Waals surface area contributed by atoms with E-state index in [-0.39, 0.29) is 17.9 Å². The van der Waals surface area contributed by atoms with E-state index in [2.05, 4.69) is 15.1 Å². The van der Waals surface area contributed by atoms with Crippen molar-refractivity contribution < 1.29 is 14.3 Å². The number of hydrogen-bond acceptors (Lipinski definition) is 5. The Kier molecular flexibility index (Phi) is 9.53. The van der Waals surface area contributed by atoms with Crippen molar-refractivity contribution in [1.82, 2.24) is 20.0 Å². The number of nitrogens with zero attached hydrogens (tertiary/aromatic N) is 3. The molecule has 1 atom stereocenters. The average molecular weight is 469 g/mol. The average Bonchev–Trinajstić information content (AvgIpc) is 3.41. The normalized spacial score (nSPS) is 21.7. The van der Waals surface area contributed by atoms with Crippen LogP contribution in [-0.4, -0.2) is 98.1 Å². The van der Waals surface area contributed by atoms with E-state index in [9.17, 15) is 9.59 Å². The van der Waals surface area contributed by atoms with Gasteiger partial charge in [-0.1, -0.05) is 43.2 Å². The van der Waals surface area contributed by atoms with Crippen LogP contribution in [0.4, 0.5) is 0 Å². The summed E-state index contributed by atoms with van der Waals surface area (Å²) in [5, 5.41) is 3.24. The van der Waals surface area contributed by atoms with E-state index < -0.39 is 0 Å². The van der Waals surface area contributed by atoms with Crippen LogP contribution in [0.2, 0.25) is 0 Å². The summed E-state index contributed by atoms with van der Waals surface area (Å²) < 4.78 is 5.41. The fraction of sp³-hybridized carbons (Fsp3) is 0.630. The summed E-state index contributed by atoms with van der Waals surface area (Å²) in [6.45, 7) is 8.19. The van der Waals surface area contributed by atoms with Gasteiger partial charge in [-0.15, -0.1) is 0 Å². The highest BCUT2D eigenvalue weighted by Crippen LogP contribution is 2.31. The van der Waals surface area contributed by atoms with E-state index in [0.717, 1.165) is 77.3 Å². The zero-order valence-electron chi connectivity index (χ0n) is 20.4. The first kappa shape index (κ1) is 24.9. The van der Waals surface area contributed by atoms with Gasteiger partial charge in [-0.2, -0.15) is 0 Å². The molecule has 7 heteroatoms. The number of morpholine rings is 1.